The molecule has 6 heteroatoms. The average Bonchev–Trinajstić information content (AvgIpc) is 2.79. The number of nitrogen functional groups attached to an aromatic ring is 2. The van der Waals surface area contributed by atoms with Gasteiger partial charge in [0, 0.05) is 37.2 Å². The van der Waals surface area contributed by atoms with Crippen LogP contribution in [0.1, 0.15) is 40.2 Å². The number of rotatable bonds is 5. The molecule has 1 saturated heterocycles. The summed E-state index contributed by atoms with van der Waals surface area (Å²) in [5.74, 6) is 0.669. The Hall–Kier alpha value is -3.38. The predicted octanol–water partition coefficient (Wildman–Crippen LogP) is 3.74. The van der Waals surface area contributed by atoms with E-state index in [9.17, 15) is 4.79 Å². The van der Waals surface area contributed by atoms with Gasteiger partial charge < -0.3 is 21.5 Å². The molecule has 1 fully saturated rings. The van der Waals surface area contributed by atoms with Crippen LogP contribution < -0.4 is 16.8 Å². The number of carbonyl (C=O) groups excluding carboxylic acids is 1. The number of nitrogens with zero attached hydrogens (tertiary/aromatic N) is 1. The Kier molecular flexibility index (Phi) is 5.95. The number of hydrogen-bond acceptors (Lipinski definition) is 5. The van der Waals surface area contributed by atoms with E-state index < -0.39 is 0 Å². The third-order valence-electron chi connectivity index (χ3n) is 5.54. The van der Waals surface area contributed by atoms with Crippen molar-refractivity contribution in [3.63, 3.8) is 0 Å². The number of carbonyl (C=O) groups is 1. The van der Waals surface area contributed by atoms with Crippen molar-refractivity contribution in [2.24, 2.45) is 0 Å². The summed E-state index contributed by atoms with van der Waals surface area (Å²) in [6, 6.07) is 17.2. The van der Waals surface area contributed by atoms with Gasteiger partial charge in [-0.1, -0.05) is 36.4 Å². The first-order valence-corrected chi connectivity index (χ1v) is 10.2. The smallest absolute Gasteiger partial charge is 0.253 e. The Bertz CT molecular complexity index is 1030. The number of anilines is 2. The van der Waals surface area contributed by atoms with Gasteiger partial charge >= 0.3 is 0 Å². The highest BCUT2D eigenvalue weighted by Crippen LogP contribution is 2.33. The second kappa shape index (κ2) is 8.97. The molecule has 0 spiro atoms. The highest BCUT2D eigenvalue weighted by atomic mass is 16.5. The molecule has 1 aliphatic heterocycles. The van der Waals surface area contributed by atoms with Gasteiger partial charge in [0.15, 0.2) is 0 Å². The zero-order valence-electron chi connectivity index (χ0n) is 16.8. The largest absolute Gasteiger partial charge is 0.398 e. The molecule has 6 nitrogen and oxygen atoms in total. The number of aromatic nitrogens is 1. The first-order valence-electron chi connectivity index (χ1n) is 10.2. The molecular formula is C24H26N4O2. The number of amides is 1. The maximum atomic E-state index is 12.6. The zero-order valence-corrected chi connectivity index (χ0v) is 16.8. The summed E-state index contributed by atoms with van der Waals surface area (Å²) in [7, 11) is 0. The van der Waals surface area contributed by atoms with E-state index >= 15 is 0 Å². The van der Waals surface area contributed by atoms with Crippen molar-refractivity contribution >= 4 is 17.4 Å². The number of pyridine rings is 1. The van der Waals surface area contributed by atoms with Gasteiger partial charge in [-0.25, -0.2) is 4.98 Å². The number of nitrogens with one attached hydrogen (secondary N) is 1. The molecule has 4 rings (SSSR count). The molecule has 1 aliphatic rings. The second-order valence-electron chi connectivity index (χ2n) is 7.56. The molecule has 3 aromatic rings. The molecule has 154 valence electrons. The normalized spacial score (nSPS) is 14.4. The van der Waals surface area contributed by atoms with E-state index in [0.29, 0.717) is 29.5 Å². The number of ether oxygens (including phenoxy) is 1. The summed E-state index contributed by atoms with van der Waals surface area (Å²) < 4.78 is 5.46. The Morgan fingerprint density at radius 1 is 1.07 bits per heavy atom. The number of benzene rings is 2. The van der Waals surface area contributed by atoms with Gasteiger partial charge in [-0.05, 0) is 53.6 Å². The monoisotopic (exact) mass is 402 g/mol. The highest BCUT2D eigenvalue weighted by Gasteiger charge is 2.18. The van der Waals surface area contributed by atoms with Crippen LogP contribution in [0.4, 0.5) is 11.5 Å². The van der Waals surface area contributed by atoms with E-state index in [1.165, 1.54) is 0 Å². The maximum Gasteiger partial charge on any atom is 0.253 e. The van der Waals surface area contributed by atoms with Crippen LogP contribution >= 0.6 is 0 Å². The third kappa shape index (κ3) is 4.44. The minimum atomic E-state index is -0.204. The topological polar surface area (TPSA) is 103 Å². The van der Waals surface area contributed by atoms with Crippen LogP contribution in [-0.4, -0.2) is 24.1 Å². The van der Waals surface area contributed by atoms with Crippen LogP contribution in [-0.2, 0) is 11.3 Å². The van der Waals surface area contributed by atoms with E-state index in [2.05, 4.69) is 16.4 Å². The van der Waals surface area contributed by atoms with Crippen LogP contribution in [0.15, 0.2) is 60.8 Å². The molecule has 2 heterocycles. The second-order valence-corrected chi connectivity index (χ2v) is 7.56. The average molecular weight is 402 g/mol. The lowest BCUT2D eigenvalue weighted by molar-refractivity contribution is 0.0853. The fourth-order valence-corrected chi connectivity index (χ4v) is 3.79. The Labute approximate surface area is 176 Å². The highest BCUT2D eigenvalue weighted by molar-refractivity contribution is 6.00. The van der Waals surface area contributed by atoms with Crippen molar-refractivity contribution in [2.45, 2.75) is 25.3 Å². The minimum Gasteiger partial charge on any atom is -0.398 e. The Balaban J connectivity index is 1.53. The lowest BCUT2D eigenvalue weighted by Crippen LogP contribution is -2.23. The molecule has 0 unspecified atom stereocenters. The van der Waals surface area contributed by atoms with Gasteiger partial charge in [-0.15, -0.1) is 0 Å². The molecule has 0 saturated carbocycles. The minimum absolute atomic E-state index is 0.204. The van der Waals surface area contributed by atoms with Gasteiger partial charge in [0.1, 0.15) is 5.82 Å². The van der Waals surface area contributed by atoms with Gasteiger partial charge in [-0.2, -0.15) is 0 Å². The number of hydrogen-bond donors (Lipinski definition) is 3. The molecular weight excluding hydrogens is 376 g/mol. The van der Waals surface area contributed by atoms with Crippen LogP contribution in [0.5, 0.6) is 0 Å². The summed E-state index contributed by atoms with van der Waals surface area (Å²) >= 11 is 0. The summed E-state index contributed by atoms with van der Waals surface area (Å²) in [5, 5.41) is 2.91. The van der Waals surface area contributed by atoms with E-state index in [4.69, 9.17) is 16.2 Å². The molecule has 0 bridgehead atoms. The molecule has 0 atom stereocenters. The van der Waals surface area contributed by atoms with Crippen molar-refractivity contribution in [3.8, 4) is 11.1 Å². The van der Waals surface area contributed by atoms with Crippen molar-refractivity contribution < 1.29 is 9.53 Å². The first-order chi connectivity index (χ1) is 14.6. The summed E-state index contributed by atoms with van der Waals surface area (Å²) in [5.41, 5.74) is 17.1. The number of nitrogens with two attached hydrogens (primary N) is 2. The van der Waals surface area contributed by atoms with E-state index in [1.54, 1.807) is 12.1 Å². The van der Waals surface area contributed by atoms with E-state index in [-0.39, 0.29) is 5.91 Å². The van der Waals surface area contributed by atoms with Crippen LogP contribution in [0.25, 0.3) is 11.1 Å². The van der Waals surface area contributed by atoms with Crippen molar-refractivity contribution in [1.82, 2.24) is 10.3 Å². The molecule has 30 heavy (non-hydrogen) atoms. The van der Waals surface area contributed by atoms with E-state index in [1.807, 2.05) is 42.6 Å². The van der Waals surface area contributed by atoms with Crippen LogP contribution in [0.2, 0.25) is 0 Å². The summed E-state index contributed by atoms with van der Waals surface area (Å²) in [4.78, 5) is 17.0. The van der Waals surface area contributed by atoms with Gasteiger partial charge in [-0.3, -0.25) is 4.79 Å². The molecule has 0 radical (unpaired) electrons. The summed E-state index contributed by atoms with van der Waals surface area (Å²) in [6.07, 6.45) is 3.81. The molecule has 1 amide bonds. The predicted molar refractivity (Wildman–Crippen MR) is 119 cm³/mol. The fourth-order valence-electron chi connectivity index (χ4n) is 3.79. The molecule has 1 aromatic heterocycles. The van der Waals surface area contributed by atoms with Gasteiger partial charge in [0.2, 0.25) is 0 Å². The Morgan fingerprint density at radius 2 is 1.83 bits per heavy atom. The van der Waals surface area contributed by atoms with Crippen molar-refractivity contribution in [2.75, 3.05) is 24.7 Å². The molecule has 2 aromatic carbocycles. The standard InChI is InChI=1S/C24H26N4O2/c25-22-13-18(6-7-20(22)24(29)28-14-16-4-2-1-3-5-16)21-12-19(15-27-23(21)26)17-8-10-30-11-9-17/h1-7,12-13,15,17H,8-11,14,25H2,(H2,26,27)(H,28,29). The van der Waals surface area contributed by atoms with E-state index in [0.717, 1.165) is 48.3 Å². The van der Waals surface area contributed by atoms with Crippen molar-refractivity contribution in [3.05, 3.63) is 77.5 Å². The zero-order chi connectivity index (χ0) is 20.9. The van der Waals surface area contributed by atoms with Gasteiger partial charge in [0.25, 0.3) is 5.91 Å². The molecule has 5 N–H and O–H groups in total. The quantitative estimate of drug-likeness (QED) is 0.564. The molecule has 0 aliphatic carbocycles. The Morgan fingerprint density at radius 3 is 2.57 bits per heavy atom. The fraction of sp³-hybridized carbons (Fsp3) is 0.250. The van der Waals surface area contributed by atoms with Crippen LogP contribution in [0.3, 0.4) is 0 Å². The van der Waals surface area contributed by atoms with Crippen molar-refractivity contribution in [1.29, 1.82) is 0 Å². The summed E-state index contributed by atoms with van der Waals surface area (Å²) in [6.45, 7) is 1.99. The maximum absolute atomic E-state index is 12.6. The third-order valence-corrected chi connectivity index (χ3v) is 5.54. The first kappa shape index (κ1) is 19.9. The lowest BCUT2D eigenvalue weighted by Gasteiger charge is -2.23. The SMILES string of the molecule is Nc1cc(-c2cc(C3CCOCC3)cnc2N)ccc1C(=O)NCc1ccccc1. The van der Waals surface area contributed by atoms with Crippen LogP contribution in [0, 0.1) is 0 Å². The van der Waals surface area contributed by atoms with Gasteiger partial charge in [0.05, 0.1) is 5.56 Å². The lowest BCUT2D eigenvalue weighted by atomic mass is 9.91.